The Balaban J connectivity index is 1.67. The zero-order chi connectivity index (χ0) is 16.2. The molecule has 0 saturated heterocycles. The van der Waals surface area contributed by atoms with E-state index in [0.29, 0.717) is 36.4 Å². The highest BCUT2D eigenvalue weighted by molar-refractivity contribution is 5.75. The Bertz CT molecular complexity index is 661. The second-order valence-corrected chi connectivity index (χ2v) is 5.52. The van der Waals surface area contributed by atoms with Gasteiger partial charge in [0, 0.05) is 11.5 Å². The molecule has 0 spiro atoms. The largest absolute Gasteiger partial charge is 0.479 e. The minimum atomic E-state index is -0.590. The van der Waals surface area contributed by atoms with Crippen molar-refractivity contribution in [3.8, 4) is 17.1 Å². The molecule has 1 aliphatic carbocycles. The molecule has 1 aromatic heterocycles. The van der Waals surface area contributed by atoms with Crippen LogP contribution >= 0.6 is 0 Å². The number of rotatable bonds is 7. The van der Waals surface area contributed by atoms with Gasteiger partial charge in [0.2, 0.25) is 11.7 Å². The Morgan fingerprint density at radius 2 is 2.04 bits per heavy atom. The van der Waals surface area contributed by atoms with Crippen molar-refractivity contribution in [2.75, 3.05) is 6.61 Å². The minimum Gasteiger partial charge on any atom is -0.479 e. The summed E-state index contributed by atoms with van der Waals surface area (Å²) in [5, 5.41) is 4.01. The Hall–Kier alpha value is -2.37. The lowest BCUT2D eigenvalue weighted by Crippen LogP contribution is -2.28. The van der Waals surface area contributed by atoms with Gasteiger partial charge in [-0.05, 0) is 50.5 Å². The third-order valence-electron chi connectivity index (χ3n) is 3.68. The van der Waals surface area contributed by atoms with E-state index in [1.165, 1.54) is 0 Å². The summed E-state index contributed by atoms with van der Waals surface area (Å²) in [6.07, 6.45) is 2.21. The number of hydrogen-bond donors (Lipinski definition) is 0. The first kappa shape index (κ1) is 15.5. The molecule has 23 heavy (non-hydrogen) atoms. The van der Waals surface area contributed by atoms with E-state index in [2.05, 4.69) is 10.1 Å². The van der Waals surface area contributed by atoms with Gasteiger partial charge in [-0.3, -0.25) is 0 Å². The molecule has 1 atom stereocenters. The highest BCUT2D eigenvalue weighted by Gasteiger charge is 2.29. The second-order valence-electron chi connectivity index (χ2n) is 5.52. The second kappa shape index (κ2) is 6.81. The minimum absolute atomic E-state index is 0.341. The van der Waals surface area contributed by atoms with Crippen LogP contribution in [0.5, 0.6) is 5.75 Å². The Labute approximate surface area is 134 Å². The predicted molar refractivity (Wildman–Crippen MR) is 83.0 cm³/mol. The molecule has 0 amide bonds. The molecule has 0 bridgehead atoms. The maximum Gasteiger partial charge on any atom is 0.347 e. The van der Waals surface area contributed by atoms with Crippen molar-refractivity contribution >= 4 is 5.97 Å². The van der Waals surface area contributed by atoms with Crippen LogP contribution in [-0.4, -0.2) is 28.8 Å². The smallest absolute Gasteiger partial charge is 0.347 e. The molecule has 0 radical (unpaired) electrons. The highest BCUT2D eigenvalue weighted by Crippen LogP contribution is 2.39. The Kier molecular flexibility index (Phi) is 4.60. The molecule has 1 unspecified atom stereocenters. The summed E-state index contributed by atoms with van der Waals surface area (Å²) >= 11 is 0. The van der Waals surface area contributed by atoms with E-state index in [1.54, 1.807) is 19.1 Å². The number of nitrogens with zero attached hydrogens (tertiary/aromatic N) is 2. The van der Waals surface area contributed by atoms with Gasteiger partial charge in [0.25, 0.3) is 0 Å². The zero-order valence-corrected chi connectivity index (χ0v) is 13.3. The van der Waals surface area contributed by atoms with Crippen molar-refractivity contribution in [1.29, 1.82) is 0 Å². The summed E-state index contributed by atoms with van der Waals surface area (Å²) in [7, 11) is 0. The predicted octanol–water partition coefficient (Wildman–Crippen LogP) is 3.33. The first-order valence-corrected chi connectivity index (χ1v) is 7.98. The molecule has 1 aromatic carbocycles. The van der Waals surface area contributed by atoms with Crippen LogP contribution in [0.2, 0.25) is 0 Å². The molecule has 1 heterocycles. The van der Waals surface area contributed by atoms with Crippen molar-refractivity contribution < 1.29 is 18.8 Å². The van der Waals surface area contributed by atoms with Gasteiger partial charge >= 0.3 is 5.97 Å². The highest BCUT2D eigenvalue weighted by atomic mass is 16.6. The molecule has 1 saturated carbocycles. The summed E-state index contributed by atoms with van der Waals surface area (Å²) < 4.78 is 15.9. The molecule has 0 N–H and O–H groups in total. The van der Waals surface area contributed by atoms with E-state index < -0.39 is 6.10 Å². The standard InChI is InChI=1S/C17H20N2O4/c1-3-14(17(20)21-4-2)22-13-9-7-11(8-10-13)15-18-16(23-19-15)12-5-6-12/h7-10,12,14H,3-6H2,1-2H3. The van der Waals surface area contributed by atoms with Crippen molar-refractivity contribution in [3.05, 3.63) is 30.2 Å². The molecule has 122 valence electrons. The summed E-state index contributed by atoms with van der Waals surface area (Å²) in [5.41, 5.74) is 0.859. The summed E-state index contributed by atoms with van der Waals surface area (Å²) in [5.74, 6) is 2.00. The van der Waals surface area contributed by atoms with Crippen LogP contribution < -0.4 is 4.74 Å². The van der Waals surface area contributed by atoms with Gasteiger partial charge in [-0.15, -0.1) is 0 Å². The summed E-state index contributed by atoms with van der Waals surface area (Å²) in [6, 6.07) is 7.30. The van der Waals surface area contributed by atoms with Gasteiger partial charge in [-0.25, -0.2) is 4.79 Å². The fourth-order valence-electron chi connectivity index (χ4n) is 2.23. The van der Waals surface area contributed by atoms with E-state index in [1.807, 2.05) is 19.1 Å². The third kappa shape index (κ3) is 3.70. The lowest BCUT2D eigenvalue weighted by atomic mass is 10.2. The van der Waals surface area contributed by atoms with Crippen LogP contribution in [0, 0.1) is 0 Å². The Morgan fingerprint density at radius 1 is 1.30 bits per heavy atom. The number of ether oxygens (including phenoxy) is 2. The first-order valence-electron chi connectivity index (χ1n) is 7.98. The average molecular weight is 316 g/mol. The number of esters is 1. The number of carbonyl (C=O) groups excluding carboxylic acids is 1. The number of benzene rings is 1. The summed E-state index contributed by atoms with van der Waals surface area (Å²) in [6.45, 7) is 4.01. The molecule has 0 aliphatic heterocycles. The lowest BCUT2D eigenvalue weighted by Gasteiger charge is -2.15. The van der Waals surface area contributed by atoms with Gasteiger partial charge in [-0.1, -0.05) is 12.1 Å². The van der Waals surface area contributed by atoms with Crippen molar-refractivity contribution in [3.63, 3.8) is 0 Å². The van der Waals surface area contributed by atoms with Crippen LogP contribution in [0.25, 0.3) is 11.4 Å². The molecule has 3 rings (SSSR count). The quantitative estimate of drug-likeness (QED) is 0.729. The molecule has 6 nitrogen and oxygen atoms in total. The molecular formula is C17H20N2O4. The van der Waals surface area contributed by atoms with Crippen LogP contribution in [0.4, 0.5) is 0 Å². The maximum absolute atomic E-state index is 11.8. The lowest BCUT2D eigenvalue weighted by molar-refractivity contribution is -0.151. The van der Waals surface area contributed by atoms with Gasteiger partial charge in [0.1, 0.15) is 5.75 Å². The van der Waals surface area contributed by atoms with Gasteiger partial charge in [0.15, 0.2) is 6.10 Å². The van der Waals surface area contributed by atoms with Crippen molar-refractivity contribution in [1.82, 2.24) is 10.1 Å². The van der Waals surface area contributed by atoms with E-state index in [9.17, 15) is 4.79 Å². The molecule has 1 fully saturated rings. The van der Waals surface area contributed by atoms with Gasteiger partial charge in [0.05, 0.1) is 6.61 Å². The molecule has 2 aromatic rings. The molecule has 6 heteroatoms. The fourth-order valence-corrected chi connectivity index (χ4v) is 2.23. The third-order valence-corrected chi connectivity index (χ3v) is 3.68. The SMILES string of the molecule is CCOC(=O)C(CC)Oc1ccc(-c2noc(C3CC3)n2)cc1. The maximum atomic E-state index is 11.8. The van der Waals surface area contributed by atoms with Crippen LogP contribution in [0.1, 0.15) is 44.9 Å². The van der Waals surface area contributed by atoms with Gasteiger partial charge < -0.3 is 14.0 Å². The van der Waals surface area contributed by atoms with Crippen molar-refractivity contribution in [2.45, 2.75) is 45.1 Å². The number of hydrogen-bond acceptors (Lipinski definition) is 6. The summed E-state index contributed by atoms with van der Waals surface area (Å²) in [4.78, 5) is 16.2. The first-order chi connectivity index (χ1) is 11.2. The van der Waals surface area contributed by atoms with Crippen LogP contribution in [0.15, 0.2) is 28.8 Å². The van der Waals surface area contributed by atoms with E-state index in [4.69, 9.17) is 14.0 Å². The monoisotopic (exact) mass is 316 g/mol. The Morgan fingerprint density at radius 3 is 2.65 bits per heavy atom. The molecule has 1 aliphatic rings. The van der Waals surface area contributed by atoms with Crippen LogP contribution in [0.3, 0.4) is 0 Å². The normalized spacial score (nSPS) is 15.2. The fraction of sp³-hybridized carbons (Fsp3) is 0.471. The molecular weight excluding hydrogens is 296 g/mol. The van der Waals surface area contributed by atoms with Crippen molar-refractivity contribution in [2.24, 2.45) is 0 Å². The number of aromatic nitrogens is 2. The zero-order valence-electron chi connectivity index (χ0n) is 13.3. The van der Waals surface area contributed by atoms with E-state index >= 15 is 0 Å². The van der Waals surface area contributed by atoms with E-state index in [0.717, 1.165) is 18.4 Å². The topological polar surface area (TPSA) is 74.5 Å². The van der Waals surface area contributed by atoms with Crippen LogP contribution in [-0.2, 0) is 9.53 Å². The van der Waals surface area contributed by atoms with E-state index in [-0.39, 0.29) is 5.97 Å². The average Bonchev–Trinajstić information content (AvgIpc) is 3.31. The number of carbonyl (C=O) groups is 1. The van der Waals surface area contributed by atoms with Gasteiger partial charge in [-0.2, -0.15) is 4.98 Å².